The van der Waals surface area contributed by atoms with E-state index in [1.165, 1.54) is 5.56 Å². The molecule has 0 fully saturated rings. The maximum atomic E-state index is 8.79. The van der Waals surface area contributed by atoms with Gasteiger partial charge in [0.15, 0.2) is 4.98 Å². The topological polar surface area (TPSA) is 37.4 Å². The molecule has 2 aromatic carbocycles. The Balaban J connectivity index is 0.00000144. The summed E-state index contributed by atoms with van der Waals surface area (Å²) in [6.07, 6.45) is 0. The largest absolute Gasteiger partial charge is 1.00 e. The molecule has 0 saturated heterocycles. The number of rotatable bonds is 2. The van der Waals surface area contributed by atoms with E-state index < -0.39 is 0 Å². The third kappa shape index (κ3) is 3.20. The number of nitrogens with zero attached hydrogens (tertiary/aromatic N) is 2. The molecule has 17 heavy (non-hydrogen) atoms. The predicted octanol–water partition coefficient (Wildman–Crippen LogP) is 1.28. The standard InChI is InChI=1S/C13H11N2O.ClH/c1-10-6-8-11(9-7-10)16-13-5-3-2-4-12(13)15-14;/h2-9H,1H3;1H/q+1;/p-1. The van der Waals surface area contributed by atoms with Crippen molar-refractivity contribution >= 4 is 5.69 Å². The Morgan fingerprint density at radius 1 is 1.00 bits per heavy atom. The van der Waals surface area contributed by atoms with Crippen molar-refractivity contribution in [2.45, 2.75) is 6.92 Å². The molecule has 2 aromatic rings. The quantitative estimate of drug-likeness (QED) is 0.749. The molecule has 0 spiro atoms. The molecule has 0 bridgehead atoms. The minimum absolute atomic E-state index is 0. The lowest BCUT2D eigenvalue weighted by atomic mass is 10.2. The molecular formula is C13H11ClN2O. The molecular weight excluding hydrogens is 236 g/mol. The molecule has 0 unspecified atom stereocenters. The predicted molar refractivity (Wildman–Crippen MR) is 62.4 cm³/mol. The summed E-state index contributed by atoms with van der Waals surface area (Å²) in [6, 6.07) is 14.8. The number of para-hydroxylation sites is 1. The van der Waals surface area contributed by atoms with Crippen LogP contribution < -0.4 is 17.1 Å². The number of diazo groups is 1. The Kier molecular flexibility index (Phi) is 4.50. The molecule has 0 radical (unpaired) electrons. The maximum absolute atomic E-state index is 8.79. The Bertz CT molecular complexity index is 532. The molecule has 0 atom stereocenters. The van der Waals surface area contributed by atoms with Crippen LogP contribution in [0.2, 0.25) is 0 Å². The van der Waals surface area contributed by atoms with Crippen molar-refractivity contribution < 1.29 is 17.1 Å². The Labute approximate surface area is 106 Å². The summed E-state index contributed by atoms with van der Waals surface area (Å²) >= 11 is 0. The fraction of sp³-hybridized carbons (Fsp3) is 0.0769. The highest BCUT2D eigenvalue weighted by atomic mass is 35.5. The van der Waals surface area contributed by atoms with Crippen LogP contribution in [-0.2, 0) is 0 Å². The minimum Gasteiger partial charge on any atom is -1.00 e. The molecule has 0 amide bonds. The van der Waals surface area contributed by atoms with Crippen LogP contribution in [0.4, 0.5) is 5.69 Å². The first-order valence-corrected chi connectivity index (χ1v) is 4.98. The number of aryl methyl sites for hydroxylation is 1. The van der Waals surface area contributed by atoms with E-state index in [0.717, 1.165) is 5.75 Å². The molecule has 4 heteroatoms. The van der Waals surface area contributed by atoms with Gasteiger partial charge in [-0.25, -0.2) is 0 Å². The number of hydrogen-bond acceptors (Lipinski definition) is 2. The van der Waals surface area contributed by atoms with Gasteiger partial charge in [0.05, 0.1) is 0 Å². The second-order valence-electron chi connectivity index (χ2n) is 3.48. The molecule has 0 aromatic heterocycles. The summed E-state index contributed by atoms with van der Waals surface area (Å²) in [5, 5.41) is 8.79. The SMILES string of the molecule is Cc1ccc(Oc2ccccc2[N+]#N)cc1.[Cl-]. The van der Waals surface area contributed by atoms with E-state index in [9.17, 15) is 0 Å². The molecule has 3 nitrogen and oxygen atoms in total. The Morgan fingerprint density at radius 3 is 2.29 bits per heavy atom. The van der Waals surface area contributed by atoms with E-state index in [4.69, 9.17) is 10.1 Å². The van der Waals surface area contributed by atoms with Gasteiger partial charge < -0.3 is 17.1 Å². The van der Waals surface area contributed by atoms with Gasteiger partial charge in [0.2, 0.25) is 11.1 Å². The lowest BCUT2D eigenvalue weighted by Crippen LogP contribution is -3.00. The summed E-state index contributed by atoms with van der Waals surface area (Å²) in [4.78, 5) is 3.16. The van der Waals surface area contributed by atoms with Crippen molar-refractivity contribution in [2.24, 2.45) is 0 Å². The van der Waals surface area contributed by atoms with Gasteiger partial charge in [0.25, 0.3) is 0 Å². The van der Waals surface area contributed by atoms with E-state index in [1.54, 1.807) is 18.2 Å². The Hall–Kier alpha value is -2.05. The summed E-state index contributed by atoms with van der Waals surface area (Å²) in [5.41, 5.74) is 1.59. The minimum atomic E-state index is 0. The lowest BCUT2D eigenvalue weighted by molar-refractivity contribution is -0.00000397. The highest BCUT2D eigenvalue weighted by Gasteiger charge is 2.13. The van der Waals surface area contributed by atoms with Gasteiger partial charge in [-0.3, -0.25) is 0 Å². The molecule has 0 saturated carbocycles. The van der Waals surface area contributed by atoms with Gasteiger partial charge in [-0.05, 0) is 25.1 Å². The highest BCUT2D eigenvalue weighted by Crippen LogP contribution is 2.31. The van der Waals surface area contributed by atoms with E-state index in [1.807, 2.05) is 37.3 Å². The van der Waals surface area contributed by atoms with Crippen LogP contribution >= 0.6 is 0 Å². The van der Waals surface area contributed by atoms with Crippen LogP contribution in [0.5, 0.6) is 11.5 Å². The third-order valence-corrected chi connectivity index (χ3v) is 2.22. The molecule has 0 aliphatic heterocycles. The first-order chi connectivity index (χ1) is 7.79. The first-order valence-electron chi connectivity index (χ1n) is 4.98. The zero-order valence-corrected chi connectivity index (χ0v) is 10.1. The smallest absolute Gasteiger partial charge is 0.426 e. The number of benzene rings is 2. The molecule has 0 aliphatic rings. The summed E-state index contributed by atoms with van der Waals surface area (Å²) < 4.78 is 5.60. The molecule has 0 aliphatic carbocycles. The van der Waals surface area contributed by atoms with Crippen molar-refractivity contribution in [3.8, 4) is 11.5 Å². The fourth-order valence-corrected chi connectivity index (χ4v) is 1.36. The molecule has 0 heterocycles. The normalized spacial score (nSPS) is 8.94. The monoisotopic (exact) mass is 246 g/mol. The second-order valence-corrected chi connectivity index (χ2v) is 3.48. The maximum Gasteiger partial charge on any atom is 0.426 e. The van der Waals surface area contributed by atoms with Gasteiger partial charge in [-0.15, -0.1) is 0 Å². The summed E-state index contributed by atoms with van der Waals surface area (Å²) in [6.45, 7) is 2.01. The zero-order chi connectivity index (χ0) is 11.4. The Morgan fingerprint density at radius 2 is 1.65 bits per heavy atom. The average molecular weight is 247 g/mol. The van der Waals surface area contributed by atoms with Crippen molar-refractivity contribution in [3.05, 3.63) is 59.1 Å². The van der Waals surface area contributed by atoms with Crippen molar-refractivity contribution in [1.82, 2.24) is 0 Å². The molecule has 86 valence electrons. The van der Waals surface area contributed by atoms with Crippen molar-refractivity contribution in [1.29, 1.82) is 5.39 Å². The van der Waals surface area contributed by atoms with Crippen LogP contribution in [0, 0.1) is 12.3 Å². The van der Waals surface area contributed by atoms with Crippen LogP contribution in [0.1, 0.15) is 5.56 Å². The number of hydrogen-bond donors (Lipinski definition) is 0. The first kappa shape index (κ1) is 13.0. The van der Waals surface area contributed by atoms with E-state index in [2.05, 4.69) is 4.98 Å². The molecule has 2 rings (SSSR count). The van der Waals surface area contributed by atoms with Crippen molar-refractivity contribution in [2.75, 3.05) is 0 Å². The highest BCUT2D eigenvalue weighted by molar-refractivity contribution is 5.57. The second kappa shape index (κ2) is 5.88. The van der Waals surface area contributed by atoms with Gasteiger partial charge >= 0.3 is 5.69 Å². The van der Waals surface area contributed by atoms with E-state index in [-0.39, 0.29) is 12.4 Å². The van der Waals surface area contributed by atoms with Crippen LogP contribution in [-0.4, -0.2) is 0 Å². The third-order valence-electron chi connectivity index (χ3n) is 2.22. The summed E-state index contributed by atoms with van der Waals surface area (Å²) in [5.74, 6) is 1.26. The average Bonchev–Trinajstić information content (AvgIpc) is 2.33. The fourth-order valence-electron chi connectivity index (χ4n) is 1.36. The van der Waals surface area contributed by atoms with Gasteiger partial charge in [0.1, 0.15) is 5.75 Å². The van der Waals surface area contributed by atoms with Gasteiger partial charge in [0, 0.05) is 6.07 Å². The van der Waals surface area contributed by atoms with E-state index in [0.29, 0.717) is 11.4 Å². The zero-order valence-electron chi connectivity index (χ0n) is 9.30. The van der Waals surface area contributed by atoms with Crippen LogP contribution in [0.15, 0.2) is 48.5 Å². The lowest BCUT2D eigenvalue weighted by Gasteiger charge is -2.03. The van der Waals surface area contributed by atoms with Gasteiger partial charge in [-0.1, -0.05) is 29.8 Å². The number of halogens is 1. The van der Waals surface area contributed by atoms with Crippen molar-refractivity contribution in [3.63, 3.8) is 0 Å². The summed E-state index contributed by atoms with van der Waals surface area (Å²) in [7, 11) is 0. The van der Waals surface area contributed by atoms with Crippen LogP contribution in [0.25, 0.3) is 4.98 Å². The number of ether oxygens (including phenoxy) is 1. The van der Waals surface area contributed by atoms with Crippen LogP contribution in [0.3, 0.4) is 0 Å². The molecule has 0 N–H and O–H groups in total. The van der Waals surface area contributed by atoms with E-state index >= 15 is 0 Å². The van der Waals surface area contributed by atoms with Gasteiger partial charge in [-0.2, -0.15) is 0 Å².